The van der Waals surface area contributed by atoms with Crippen molar-refractivity contribution >= 4 is 23.0 Å². The maximum absolute atomic E-state index is 12.4. The van der Waals surface area contributed by atoms with Crippen molar-refractivity contribution < 1.29 is 9.53 Å². The first kappa shape index (κ1) is 13.5. The Balaban J connectivity index is 1.83. The molecule has 1 unspecified atom stereocenters. The van der Waals surface area contributed by atoms with Crippen LogP contribution in [0.15, 0.2) is 42.5 Å². The Labute approximate surface area is 122 Å². The van der Waals surface area contributed by atoms with E-state index < -0.39 is 0 Å². The number of epoxide rings is 1. The molecule has 0 aliphatic carbocycles. The summed E-state index contributed by atoms with van der Waals surface area (Å²) < 4.78 is 5.23. The van der Waals surface area contributed by atoms with Gasteiger partial charge in [0.2, 0.25) is 0 Å². The van der Waals surface area contributed by atoms with Gasteiger partial charge in [0.1, 0.15) is 0 Å². The lowest BCUT2D eigenvalue weighted by Gasteiger charge is -2.12. The van der Waals surface area contributed by atoms with Crippen molar-refractivity contribution in [1.29, 1.82) is 0 Å². The van der Waals surface area contributed by atoms with Crippen LogP contribution in [-0.2, 0) is 11.2 Å². The average Bonchev–Trinajstić information content (AvgIpc) is 3.27. The number of ether oxygens (including phenoxy) is 1. The van der Waals surface area contributed by atoms with Gasteiger partial charge in [-0.2, -0.15) is 0 Å². The topological polar surface area (TPSA) is 93.7 Å². The van der Waals surface area contributed by atoms with Crippen LogP contribution in [0.3, 0.4) is 0 Å². The zero-order chi connectivity index (χ0) is 14.8. The lowest BCUT2D eigenvalue weighted by Crippen LogP contribution is -2.16. The first-order valence-corrected chi connectivity index (χ1v) is 6.79. The molecule has 0 aromatic heterocycles. The number of nitrogens with two attached hydrogens (primary N) is 2. The van der Waals surface area contributed by atoms with Gasteiger partial charge in [0.15, 0.2) is 0 Å². The van der Waals surface area contributed by atoms with Gasteiger partial charge in [0.25, 0.3) is 5.91 Å². The van der Waals surface area contributed by atoms with Gasteiger partial charge in [0.05, 0.1) is 12.7 Å². The minimum atomic E-state index is -0.178. The summed E-state index contributed by atoms with van der Waals surface area (Å²) >= 11 is 0. The molecule has 1 fully saturated rings. The number of nitrogens with one attached hydrogen (secondary N) is 1. The van der Waals surface area contributed by atoms with E-state index in [0.29, 0.717) is 29.0 Å². The largest absolute Gasteiger partial charge is 0.399 e. The number of carbonyl (C=O) groups excluding carboxylic acids is 1. The summed E-state index contributed by atoms with van der Waals surface area (Å²) in [5, 5.41) is 2.86. The van der Waals surface area contributed by atoms with Crippen LogP contribution in [0.4, 0.5) is 17.1 Å². The number of benzene rings is 2. The fourth-order valence-electron chi connectivity index (χ4n) is 2.22. The van der Waals surface area contributed by atoms with Crippen LogP contribution in [0, 0.1) is 0 Å². The minimum absolute atomic E-state index is 0.178. The van der Waals surface area contributed by atoms with E-state index in [1.54, 1.807) is 42.5 Å². The predicted octanol–water partition coefficient (Wildman–Crippen LogP) is 2.04. The monoisotopic (exact) mass is 283 g/mol. The van der Waals surface area contributed by atoms with Gasteiger partial charge in [-0.1, -0.05) is 6.07 Å². The number of amides is 1. The molecule has 108 valence electrons. The molecule has 0 spiro atoms. The maximum atomic E-state index is 12.4. The van der Waals surface area contributed by atoms with Gasteiger partial charge in [-0.25, -0.2) is 0 Å². The van der Waals surface area contributed by atoms with Crippen LogP contribution >= 0.6 is 0 Å². The van der Waals surface area contributed by atoms with Crippen molar-refractivity contribution in [2.45, 2.75) is 12.5 Å². The second-order valence-corrected chi connectivity index (χ2v) is 5.11. The van der Waals surface area contributed by atoms with Crippen LogP contribution in [0.5, 0.6) is 0 Å². The van der Waals surface area contributed by atoms with Crippen LogP contribution in [-0.4, -0.2) is 18.6 Å². The average molecular weight is 283 g/mol. The molecule has 0 radical (unpaired) electrons. The first-order valence-electron chi connectivity index (χ1n) is 6.79. The summed E-state index contributed by atoms with van der Waals surface area (Å²) in [5.74, 6) is -0.178. The third kappa shape index (κ3) is 3.14. The highest BCUT2D eigenvalue weighted by atomic mass is 16.6. The summed E-state index contributed by atoms with van der Waals surface area (Å²) in [7, 11) is 0. The fraction of sp³-hybridized carbons (Fsp3) is 0.188. The van der Waals surface area contributed by atoms with E-state index in [1.165, 1.54) is 0 Å². The van der Waals surface area contributed by atoms with Crippen LogP contribution < -0.4 is 16.8 Å². The maximum Gasteiger partial charge on any atom is 0.256 e. The molecule has 1 atom stereocenters. The van der Waals surface area contributed by atoms with Gasteiger partial charge in [-0.05, 0) is 42.0 Å². The van der Waals surface area contributed by atoms with Gasteiger partial charge >= 0.3 is 0 Å². The quantitative estimate of drug-likeness (QED) is 0.591. The smallest absolute Gasteiger partial charge is 0.256 e. The molecule has 0 bridgehead atoms. The standard InChI is InChI=1S/C16H17N3O2/c17-10-4-6-11(7-5-10)19-16(20)13-2-1-3-15(18)14(13)8-12-9-21-12/h1-7,12H,8-9,17-18H2,(H,19,20). The third-order valence-electron chi connectivity index (χ3n) is 3.46. The van der Waals surface area contributed by atoms with E-state index in [9.17, 15) is 4.79 Å². The highest BCUT2D eigenvalue weighted by Gasteiger charge is 2.26. The molecule has 21 heavy (non-hydrogen) atoms. The fourth-order valence-corrected chi connectivity index (χ4v) is 2.22. The van der Waals surface area contributed by atoms with Crippen molar-refractivity contribution in [3.8, 4) is 0 Å². The molecule has 2 aromatic carbocycles. The molecule has 5 heteroatoms. The molecular weight excluding hydrogens is 266 g/mol. The Morgan fingerprint density at radius 1 is 1.19 bits per heavy atom. The van der Waals surface area contributed by atoms with Crippen molar-refractivity contribution in [2.75, 3.05) is 23.4 Å². The number of rotatable bonds is 4. The van der Waals surface area contributed by atoms with Crippen molar-refractivity contribution in [3.05, 3.63) is 53.6 Å². The van der Waals surface area contributed by atoms with Crippen LogP contribution in [0.2, 0.25) is 0 Å². The SMILES string of the molecule is Nc1ccc(NC(=O)c2cccc(N)c2CC2CO2)cc1. The molecule has 5 nitrogen and oxygen atoms in total. The van der Waals surface area contributed by atoms with Crippen molar-refractivity contribution in [1.82, 2.24) is 0 Å². The number of hydrogen-bond donors (Lipinski definition) is 3. The highest BCUT2D eigenvalue weighted by Crippen LogP contribution is 2.25. The number of nitrogen functional groups attached to an aromatic ring is 2. The lowest BCUT2D eigenvalue weighted by atomic mass is 10.00. The first-order chi connectivity index (χ1) is 10.1. The molecule has 1 amide bonds. The summed E-state index contributed by atoms with van der Waals surface area (Å²) in [5.41, 5.74) is 15.0. The second-order valence-electron chi connectivity index (χ2n) is 5.11. The van der Waals surface area contributed by atoms with Gasteiger partial charge < -0.3 is 21.5 Å². The zero-order valence-electron chi connectivity index (χ0n) is 11.5. The molecule has 1 saturated heterocycles. The van der Waals surface area contributed by atoms with E-state index >= 15 is 0 Å². The van der Waals surface area contributed by atoms with E-state index in [2.05, 4.69) is 5.32 Å². The highest BCUT2D eigenvalue weighted by molar-refractivity contribution is 6.06. The molecular formula is C16H17N3O2. The van der Waals surface area contributed by atoms with Crippen LogP contribution in [0.25, 0.3) is 0 Å². The minimum Gasteiger partial charge on any atom is -0.399 e. The molecule has 5 N–H and O–H groups in total. The third-order valence-corrected chi connectivity index (χ3v) is 3.46. The van der Waals surface area contributed by atoms with E-state index in [0.717, 1.165) is 12.2 Å². The normalized spacial score (nSPS) is 16.5. The van der Waals surface area contributed by atoms with Crippen molar-refractivity contribution in [2.24, 2.45) is 0 Å². The van der Waals surface area contributed by atoms with E-state index in [4.69, 9.17) is 16.2 Å². The Bertz CT molecular complexity index is 664. The summed E-state index contributed by atoms with van der Waals surface area (Å²) in [6, 6.07) is 12.4. The molecule has 1 aliphatic rings. The molecule has 3 rings (SSSR count). The Morgan fingerprint density at radius 3 is 2.57 bits per heavy atom. The lowest BCUT2D eigenvalue weighted by molar-refractivity contribution is 0.102. The van der Waals surface area contributed by atoms with E-state index in [-0.39, 0.29) is 12.0 Å². The van der Waals surface area contributed by atoms with Crippen LogP contribution in [0.1, 0.15) is 15.9 Å². The van der Waals surface area contributed by atoms with Crippen molar-refractivity contribution in [3.63, 3.8) is 0 Å². The molecule has 2 aromatic rings. The molecule has 0 saturated carbocycles. The zero-order valence-corrected chi connectivity index (χ0v) is 11.5. The van der Waals surface area contributed by atoms with Gasteiger partial charge in [0, 0.05) is 29.0 Å². The van der Waals surface area contributed by atoms with Gasteiger partial charge in [-0.15, -0.1) is 0 Å². The number of hydrogen-bond acceptors (Lipinski definition) is 4. The number of anilines is 3. The van der Waals surface area contributed by atoms with E-state index in [1.807, 2.05) is 0 Å². The Kier molecular flexibility index (Phi) is 3.50. The molecule has 1 aliphatic heterocycles. The number of carbonyl (C=O) groups is 1. The molecule has 1 heterocycles. The predicted molar refractivity (Wildman–Crippen MR) is 83.1 cm³/mol. The summed E-state index contributed by atoms with van der Waals surface area (Å²) in [6.45, 7) is 0.730. The summed E-state index contributed by atoms with van der Waals surface area (Å²) in [4.78, 5) is 12.4. The van der Waals surface area contributed by atoms with Gasteiger partial charge in [-0.3, -0.25) is 4.79 Å². The summed E-state index contributed by atoms with van der Waals surface area (Å²) in [6.07, 6.45) is 0.842. The second kappa shape index (κ2) is 5.46. The Hall–Kier alpha value is -2.53. The Morgan fingerprint density at radius 2 is 1.90 bits per heavy atom.